The van der Waals surface area contributed by atoms with Gasteiger partial charge in [-0.3, -0.25) is 9.20 Å². The first kappa shape index (κ1) is 17.5. The van der Waals surface area contributed by atoms with E-state index in [-0.39, 0.29) is 11.2 Å². The monoisotopic (exact) mass is 376 g/mol. The number of benzene rings is 2. The summed E-state index contributed by atoms with van der Waals surface area (Å²) in [6.45, 7) is 3.98. The largest absolute Gasteiger partial charge is 0.315 e. The number of aryl methyl sites for hydroxylation is 1. The number of carbonyl (C=O) groups excluding carboxylic acids is 1. The van der Waals surface area contributed by atoms with E-state index in [0.717, 1.165) is 33.0 Å². The van der Waals surface area contributed by atoms with Crippen molar-refractivity contribution >= 4 is 39.9 Å². The minimum absolute atomic E-state index is 0.0272. The molecule has 2 aromatic carbocycles. The van der Waals surface area contributed by atoms with Crippen LogP contribution >= 0.6 is 11.8 Å². The fraction of sp³-hybridized carbons (Fsp3) is 0.190. The number of aromatic nitrogens is 3. The zero-order chi connectivity index (χ0) is 19.0. The fourth-order valence-corrected chi connectivity index (χ4v) is 4.17. The molecule has 4 rings (SSSR count). The van der Waals surface area contributed by atoms with E-state index in [1.165, 1.54) is 11.8 Å². The third-order valence-electron chi connectivity index (χ3n) is 4.68. The van der Waals surface area contributed by atoms with Crippen molar-refractivity contribution in [3.63, 3.8) is 0 Å². The minimum atomic E-state index is -0.289. The Hall–Kier alpha value is -2.86. The first-order valence-electron chi connectivity index (χ1n) is 8.79. The molecule has 0 fully saturated rings. The summed E-state index contributed by atoms with van der Waals surface area (Å²) in [6.07, 6.45) is 0. The number of carbonyl (C=O) groups is 1. The molecule has 2 heterocycles. The quantitative estimate of drug-likeness (QED) is 0.497. The van der Waals surface area contributed by atoms with E-state index in [2.05, 4.69) is 29.3 Å². The lowest BCUT2D eigenvalue weighted by Crippen LogP contribution is -2.33. The van der Waals surface area contributed by atoms with Gasteiger partial charge in [-0.15, -0.1) is 10.2 Å². The molecule has 0 aliphatic rings. The third kappa shape index (κ3) is 3.17. The average molecular weight is 376 g/mol. The van der Waals surface area contributed by atoms with E-state index >= 15 is 0 Å². The Kier molecular flexibility index (Phi) is 4.58. The smallest absolute Gasteiger partial charge is 0.240 e. The van der Waals surface area contributed by atoms with Crippen molar-refractivity contribution in [3.05, 3.63) is 66.2 Å². The lowest BCUT2D eigenvalue weighted by atomic mass is 10.1. The van der Waals surface area contributed by atoms with Crippen molar-refractivity contribution in [2.45, 2.75) is 24.3 Å². The zero-order valence-electron chi connectivity index (χ0n) is 15.5. The lowest BCUT2D eigenvalue weighted by Gasteiger charge is -2.20. The van der Waals surface area contributed by atoms with Crippen LogP contribution in [0.4, 0.5) is 5.69 Å². The number of thioether (sulfide) groups is 1. The van der Waals surface area contributed by atoms with Gasteiger partial charge in [0.05, 0.1) is 10.8 Å². The molecule has 4 aromatic rings. The molecule has 0 radical (unpaired) electrons. The maximum absolute atomic E-state index is 12.9. The van der Waals surface area contributed by atoms with Gasteiger partial charge in [-0.25, -0.2) is 0 Å². The maximum Gasteiger partial charge on any atom is 0.240 e. The predicted molar refractivity (Wildman–Crippen MR) is 110 cm³/mol. The Morgan fingerprint density at radius 2 is 1.78 bits per heavy atom. The van der Waals surface area contributed by atoms with Crippen LogP contribution in [-0.4, -0.2) is 32.8 Å². The molecule has 0 bridgehead atoms. The second-order valence-electron chi connectivity index (χ2n) is 6.51. The van der Waals surface area contributed by atoms with Gasteiger partial charge in [-0.1, -0.05) is 48.2 Å². The molecule has 0 unspecified atom stereocenters. The number of nitrogens with zero attached hydrogens (tertiary/aromatic N) is 4. The van der Waals surface area contributed by atoms with Gasteiger partial charge in [0.15, 0.2) is 10.8 Å². The topological polar surface area (TPSA) is 50.5 Å². The van der Waals surface area contributed by atoms with Crippen LogP contribution in [0.1, 0.15) is 12.5 Å². The summed E-state index contributed by atoms with van der Waals surface area (Å²) in [5.74, 6) is 0.0272. The molecular formula is C21H20N4OS. The van der Waals surface area contributed by atoms with Crippen LogP contribution in [-0.2, 0) is 4.79 Å². The van der Waals surface area contributed by atoms with E-state index < -0.39 is 0 Å². The maximum atomic E-state index is 12.9. The van der Waals surface area contributed by atoms with Gasteiger partial charge >= 0.3 is 0 Å². The standard InChI is InChI=1S/C21H20N4OS/c1-14-13-19-22-23-21(25(19)18-12-8-7-11-17(14)18)27-15(2)20(26)24(3)16-9-5-4-6-10-16/h4-13,15H,1-3H3/t15-/m1/s1. The van der Waals surface area contributed by atoms with Crippen molar-refractivity contribution in [2.24, 2.45) is 0 Å². The Balaban J connectivity index is 1.67. The number of para-hydroxylation sites is 2. The van der Waals surface area contributed by atoms with Crippen molar-refractivity contribution in [3.8, 4) is 0 Å². The zero-order valence-corrected chi connectivity index (χ0v) is 16.3. The average Bonchev–Trinajstić information content (AvgIpc) is 3.10. The second kappa shape index (κ2) is 7.04. The molecule has 6 heteroatoms. The van der Waals surface area contributed by atoms with E-state index in [0.29, 0.717) is 0 Å². The molecule has 1 amide bonds. The number of amides is 1. The van der Waals surface area contributed by atoms with Gasteiger partial charge in [0.2, 0.25) is 5.91 Å². The molecular weight excluding hydrogens is 356 g/mol. The van der Waals surface area contributed by atoms with Gasteiger partial charge in [-0.2, -0.15) is 0 Å². The second-order valence-corrected chi connectivity index (χ2v) is 7.82. The van der Waals surface area contributed by atoms with Crippen LogP contribution in [0.25, 0.3) is 16.6 Å². The Bertz CT molecular complexity index is 1120. The van der Waals surface area contributed by atoms with Crippen LogP contribution in [0.5, 0.6) is 0 Å². The summed E-state index contributed by atoms with van der Waals surface area (Å²) in [6, 6.07) is 19.9. The Morgan fingerprint density at radius 1 is 1.07 bits per heavy atom. The van der Waals surface area contributed by atoms with Crippen molar-refractivity contribution in [2.75, 3.05) is 11.9 Å². The van der Waals surface area contributed by atoms with Gasteiger partial charge in [0.25, 0.3) is 0 Å². The summed E-state index contributed by atoms with van der Waals surface area (Å²) < 4.78 is 2.03. The van der Waals surface area contributed by atoms with Crippen LogP contribution in [0.15, 0.2) is 65.8 Å². The lowest BCUT2D eigenvalue weighted by molar-refractivity contribution is -0.117. The molecule has 1 atom stereocenters. The van der Waals surface area contributed by atoms with E-state index in [1.54, 1.807) is 11.9 Å². The fourth-order valence-electron chi connectivity index (χ4n) is 3.21. The number of hydrogen-bond acceptors (Lipinski definition) is 4. The number of anilines is 1. The summed E-state index contributed by atoms with van der Waals surface area (Å²) in [7, 11) is 1.80. The molecule has 0 saturated carbocycles. The minimum Gasteiger partial charge on any atom is -0.315 e. The van der Waals surface area contributed by atoms with Gasteiger partial charge in [-0.05, 0) is 43.7 Å². The molecule has 0 aliphatic heterocycles. The highest BCUT2D eigenvalue weighted by atomic mass is 32.2. The molecule has 5 nitrogen and oxygen atoms in total. The summed E-state index contributed by atoms with van der Waals surface area (Å²) >= 11 is 1.43. The number of pyridine rings is 1. The van der Waals surface area contributed by atoms with E-state index in [9.17, 15) is 4.79 Å². The molecule has 0 saturated heterocycles. The first-order chi connectivity index (χ1) is 13.1. The normalized spacial score (nSPS) is 12.4. The Morgan fingerprint density at radius 3 is 2.56 bits per heavy atom. The number of fused-ring (bicyclic) bond motifs is 3. The number of rotatable bonds is 4. The third-order valence-corrected chi connectivity index (χ3v) is 5.71. The highest BCUT2D eigenvalue weighted by molar-refractivity contribution is 8.00. The molecule has 2 aromatic heterocycles. The SMILES string of the molecule is Cc1cc2nnc(S[C@H](C)C(=O)N(C)c3ccccc3)n2c2ccccc12. The Labute approximate surface area is 162 Å². The van der Waals surface area contributed by atoms with Crippen molar-refractivity contribution < 1.29 is 4.79 Å². The van der Waals surface area contributed by atoms with E-state index in [4.69, 9.17) is 0 Å². The molecule has 0 N–H and O–H groups in total. The van der Waals surface area contributed by atoms with E-state index in [1.807, 2.05) is 59.9 Å². The van der Waals surface area contributed by atoms with Crippen LogP contribution in [0, 0.1) is 6.92 Å². The van der Waals surface area contributed by atoms with Crippen LogP contribution < -0.4 is 4.90 Å². The highest BCUT2D eigenvalue weighted by Crippen LogP contribution is 2.29. The van der Waals surface area contributed by atoms with Gasteiger partial charge < -0.3 is 4.90 Å². The molecule has 0 aliphatic carbocycles. The molecule has 0 spiro atoms. The summed E-state index contributed by atoms with van der Waals surface area (Å²) in [5.41, 5.74) is 3.89. The van der Waals surface area contributed by atoms with Crippen LogP contribution in [0.3, 0.4) is 0 Å². The first-order valence-corrected chi connectivity index (χ1v) is 9.67. The van der Waals surface area contributed by atoms with Gasteiger partial charge in [0, 0.05) is 18.1 Å². The molecule has 27 heavy (non-hydrogen) atoms. The highest BCUT2D eigenvalue weighted by Gasteiger charge is 2.22. The predicted octanol–water partition coefficient (Wildman–Crippen LogP) is 4.33. The molecule has 136 valence electrons. The summed E-state index contributed by atoms with van der Waals surface area (Å²) in [4.78, 5) is 14.6. The van der Waals surface area contributed by atoms with Crippen LogP contribution in [0.2, 0.25) is 0 Å². The van der Waals surface area contributed by atoms with Crippen molar-refractivity contribution in [1.82, 2.24) is 14.6 Å². The summed E-state index contributed by atoms with van der Waals surface area (Å²) in [5, 5.41) is 10.3. The van der Waals surface area contributed by atoms with Gasteiger partial charge in [0.1, 0.15) is 0 Å². The van der Waals surface area contributed by atoms with Crippen molar-refractivity contribution in [1.29, 1.82) is 0 Å². The number of hydrogen-bond donors (Lipinski definition) is 0.